The fourth-order valence-corrected chi connectivity index (χ4v) is 1.85. The Kier molecular flexibility index (Phi) is 14.5. The molecule has 0 amide bonds. The van der Waals surface area contributed by atoms with Gasteiger partial charge in [-0.1, -0.05) is 57.0 Å². The molecule has 0 aromatic carbocycles. The number of hydrogen-bond acceptors (Lipinski definition) is 0. The van der Waals surface area contributed by atoms with Gasteiger partial charge in [0.2, 0.25) is 0 Å². The van der Waals surface area contributed by atoms with Crippen LogP contribution < -0.4 is 17.0 Å². The lowest BCUT2D eigenvalue weighted by Gasteiger charge is -2.26. The molecule has 0 fully saturated rings. The van der Waals surface area contributed by atoms with Crippen molar-refractivity contribution in [1.82, 2.24) is 0 Å². The van der Waals surface area contributed by atoms with E-state index in [1.54, 1.807) is 0 Å². The first-order valence-corrected chi connectivity index (χ1v) is 7.04. The van der Waals surface area contributed by atoms with Gasteiger partial charge in [-0.2, -0.15) is 0 Å². The van der Waals surface area contributed by atoms with Gasteiger partial charge in [0.05, 0.1) is 20.6 Å². The summed E-state index contributed by atoms with van der Waals surface area (Å²) >= 11 is 5.86. The third-order valence-electron chi connectivity index (χ3n) is 2.94. The molecule has 0 unspecified atom stereocenters. The van der Waals surface area contributed by atoms with Gasteiger partial charge >= 0.3 is 0 Å². The van der Waals surface area contributed by atoms with Crippen LogP contribution in [0.1, 0.15) is 58.3 Å². The summed E-state index contributed by atoms with van der Waals surface area (Å²) < 4.78 is 0.956. The van der Waals surface area contributed by atoms with Crippen molar-refractivity contribution in [3.63, 3.8) is 0 Å². The molecule has 0 aromatic heterocycles. The molecule has 1 nitrogen and oxygen atoms in total. The highest BCUT2D eigenvalue weighted by molar-refractivity contribution is 6.16. The van der Waals surface area contributed by atoms with E-state index < -0.39 is 0 Å². The van der Waals surface area contributed by atoms with E-state index in [2.05, 4.69) is 21.0 Å². The van der Waals surface area contributed by atoms with Crippen molar-refractivity contribution in [3.05, 3.63) is 0 Å². The molecule has 0 saturated carbocycles. The van der Waals surface area contributed by atoms with Gasteiger partial charge in [0.25, 0.3) is 0 Å². The van der Waals surface area contributed by atoms with Crippen molar-refractivity contribution in [2.45, 2.75) is 58.3 Å². The number of hydrogen-bond donors (Lipinski definition) is 0. The Labute approximate surface area is 118 Å². The second-order valence-corrected chi connectivity index (χ2v) is 5.49. The molecule has 0 atom stereocenters. The van der Waals surface area contributed by atoms with Crippen molar-refractivity contribution >= 4 is 11.6 Å². The Morgan fingerprint density at radius 2 is 1.25 bits per heavy atom. The smallest absolute Gasteiger partial charge is 0.154 e. The van der Waals surface area contributed by atoms with Gasteiger partial charge in [-0.15, -0.1) is 0 Å². The van der Waals surface area contributed by atoms with E-state index in [-0.39, 0.29) is 17.0 Å². The van der Waals surface area contributed by atoms with Gasteiger partial charge in [-0.25, -0.2) is 0 Å². The number of quaternary nitrogens is 1. The Hall–Kier alpha value is 0.730. The summed E-state index contributed by atoms with van der Waals surface area (Å²) in [6.45, 7) is 3.49. The minimum absolute atomic E-state index is 0. The predicted octanol–water partition coefficient (Wildman–Crippen LogP) is 1.40. The standard InChI is InChI=1S/C13H29ClN.BrH/c1-4-5-6-7-8-9-10-11-12-15(2,3)13-14;/h4-13H2,1-3H3;1H/q+1;/p-1. The van der Waals surface area contributed by atoms with E-state index >= 15 is 0 Å². The molecule has 0 rings (SSSR count). The molecule has 3 heteroatoms. The van der Waals surface area contributed by atoms with Crippen LogP contribution in [0, 0.1) is 0 Å². The first-order chi connectivity index (χ1) is 7.12. The third kappa shape index (κ3) is 12.8. The largest absolute Gasteiger partial charge is 1.00 e. The number of nitrogens with zero attached hydrogens (tertiary/aromatic N) is 1. The average Bonchev–Trinajstić information content (AvgIpc) is 2.22. The highest BCUT2D eigenvalue weighted by atomic mass is 79.9. The van der Waals surface area contributed by atoms with Crippen LogP contribution >= 0.6 is 11.6 Å². The van der Waals surface area contributed by atoms with Crippen LogP contribution in [0.3, 0.4) is 0 Å². The van der Waals surface area contributed by atoms with Gasteiger partial charge in [0.1, 0.15) is 0 Å². The van der Waals surface area contributed by atoms with Crippen molar-refractivity contribution in [1.29, 1.82) is 0 Å². The fourth-order valence-electron chi connectivity index (χ4n) is 1.73. The van der Waals surface area contributed by atoms with Crippen molar-refractivity contribution in [2.75, 3.05) is 26.6 Å². The van der Waals surface area contributed by atoms with Crippen LogP contribution in [0.2, 0.25) is 0 Å². The lowest BCUT2D eigenvalue weighted by atomic mass is 10.1. The van der Waals surface area contributed by atoms with Gasteiger partial charge in [0, 0.05) is 0 Å². The highest BCUT2D eigenvalue weighted by Gasteiger charge is 2.11. The molecular weight excluding hydrogens is 286 g/mol. The summed E-state index contributed by atoms with van der Waals surface area (Å²) in [7, 11) is 4.41. The third-order valence-corrected chi connectivity index (χ3v) is 3.59. The van der Waals surface area contributed by atoms with Crippen LogP contribution in [-0.4, -0.2) is 31.1 Å². The molecule has 0 aromatic rings. The zero-order valence-electron chi connectivity index (χ0n) is 11.3. The fraction of sp³-hybridized carbons (Fsp3) is 1.00. The molecule has 0 spiro atoms. The second kappa shape index (κ2) is 12.2. The first-order valence-electron chi connectivity index (χ1n) is 6.50. The van der Waals surface area contributed by atoms with Crippen molar-refractivity contribution in [3.8, 4) is 0 Å². The molecular formula is C13H29BrClN. The first kappa shape index (κ1) is 19.1. The predicted molar refractivity (Wildman–Crippen MR) is 70.3 cm³/mol. The van der Waals surface area contributed by atoms with Crippen LogP contribution in [0.25, 0.3) is 0 Å². The molecule has 0 aliphatic rings. The zero-order chi connectivity index (χ0) is 11.6. The summed E-state index contributed by atoms with van der Waals surface area (Å²) in [5.74, 6) is 0. The number of halogens is 2. The number of rotatable bonds is 10. The summed E-state index contributed by atoms with van der Waals surface area (Å²) in [6, 6.07) is 0.733. The molecule has 0 heterocycles. The molecule has 0 N–H and O–H groups in total. The van der Waals surface area contributed by atoms with Crippen molar-refractivity contribution in [2.24, 2.45) is 0 Å². The van der Waals surface area contributed by atoms with Crippen LogP contribution in [-0.2, 0) is 0 Å². The Morgan fingerprint density at radius 1 is 0.812 bits per heavy atom. The van der Waals surface area contributed by atoms with Gasteiger partial charge in [0.15, 0.2) is 6.00 Å². The van der Waals surface area contributed by atoms with E-state index in [1.165, 1.54) is 57.9 Å². The average molecular weight is 315 g/mol. The quantitative estimate of drug-likeness (QED) is 0.247. The summed E-state index contributed by atoms with van der Waals surface area (Å²) in [5, 5.41) is 0. The van der Waals surface area contributed by atoms with Crippen LogP contribution in [0.5, 0.6) is 0 Å². The minimum atomic E-state index is 0. The van der Waals surface area contributed by atoms with Gasteiger partial charge in [-0.05, 0) is 12.8 Å². The molecule has 0 aliphatic carbocycles. The maximum absolute atomic E-state index is 5.86. The summed E-state index contributed by atoms with van der Waals surface area (Å²) in [4.78, 5) is 0. The zero-order valence-corrected chi connectivity index (χ0v) is 13.6. The summed E-state index contributed by atoms with van der Waals surface area (Å²) in [6.07, 6.45) is 11.2. The van der Waals surface area contributed by atoms with Crippen LogP contribution in [0.4, 0.5) is 0 Å². The lowest BCUT2D eigenvalue weighted by Crippen LogP contribution is -3.00. The molecule has 16 heavy (non-hydrogen) atoms. The molecule has 100 valence electrons. The van der Waals surface area contributed by atoms with E-state index in [0.29, 0.717) is 0 Å². The second-order valence-electron chi connectivity index (χ2n) is 5.25. The van der Waals surface area contributed by atoms with Crippen molar-refractivity contribution < 1.29 is 21.5 Å². The Morgan fingerprint density at radius 3 is 1.69 bits per heavy atom. The molecule has 0 aliphatic heterocycles. The monoisotopic (exact) mass is 313 g/mol. The highest BCUT2D eigenvalue weighted by Crippen LogP contribution is 2.10. The normalized spacial score (nSPS) is 11.2. The Bertz CT molecular complexity index is 140. The molecule has 0 radical (unpaired) electrons. The van der Waals surface area contributed by atoms with Crippen LogP contribution in [0.15, 0.2) is 0 Å². The van der Waals surface area contributed by atoms with Gasteiger partial charge in [-0.3, -0.25) is 0 Å². The van der Waals surface area contributed by atoms with E-state index in [9.17, 15) is 0 Å². The van der Waals surface area contributed by atoms with E-state index in [4.69, 9.17) is 11.6 Å². The number of alkyl halides is 1. The number of unbranched alkanes of at least 4 members (excludes halogenated alkanes) is 7. The maximum atomic E-state index is 5.86. The SMILES string of the molecule is CCCCCCCCCC[N+](C)(C)CCl.[Br-]. The molecule has 0 bridgehead atoms. The van der Waals surface area contributed by atoms with Gasteiger partial charge < -0.3 is 21.5 Å². The molecule has 0 saturated heterocycles. The topological polar surface area (TPSA) is 0 Å². The lowest BCUT2D eigenvalue weighted by molar-refractivity contribution is -0.879. The Balaban J connectivity index is 0. The summed E-state index contributed by atoms with van der Waals surface area (Å²) in [5.41, 5.74) is 0. The van der Waals surface area contributed by atoms with E-state index in [1.807, 2.05) is 0 Å². The van der Waals surface area contributed by atoms with E-state index in [0.717, 1.165) is 10.5 Å². The minimum Gasteiger partial charge on any atom is -1.00 e. The maximum Gasteiger partial charge on any atom is 0.154 e.